The molecule has 136 valence electrons. The minimum Gasteiger partial charge on any atom is -0.294 e. The lowest BCUT2D eigenvalue weighted by molar-refractivity contribution is 0.749. The van der Waals surface area contributed by atoms with Crippen molar-refractivity contribution in [1.29, 1.82) is 0 Å². The Kier molecular flexibility index (Phi) is 4.44. The first-order valence-corrected chi connectivity index (χ1v) is 9.87. The molecule has 4 rings (SSSR count). The number of hydrogen-bond donors (Lipinski definition) is 0. The molecule has 0 aliphatic heterocycles. The average molecular weight is 375 g/mol. The highest BCUT2D eigenvalue weighted by Crippen LogP contribution is 2.36. The van der Waals surface area contributed by atoms with Crippen molar-refractivity contribution in [2.24, 2.45) is 0 Å². The van der Waals surface area contributed by atoms with E-state index < -0.39 is 0 Å². The molecule has 2 aromatic heterocycles. The average Bonchev–Trinajstić information content (AvgIpc) is 2.97. The maximum absolute atomic E-state index is 13.3. The van der Waals surface area contributed by atoms with Gasteiger partial charge < -0.3 is 0 Å². The summed E-state index contributed by atoms with van der Waals surface area (Å²) in [5.41, 5.74) is 6.93. The second-order valence-corrected chi connectivity index (χ2v) is 8.38. The van der Waals surface area contributed by atoms with Gasteiger partial charge in [-0.1, -0.05) is 48.0 Å². The molecule has 0 aliphatic carbocycles. The number of hydrogen-bond acceptors (Lipinski definition) is 3. The predicted molar refractivity (Wildman–Crippen MR) is 114 cm³/mol. The lowest BCUT2D eigenvalue weighted by Gasteiger charge is -2.08. The monoisotopic (exact) mass is 374 g/mol. The number of nitrogens with zero attached hydrogens (tertiary/aromatic N) is 2. The third-order valence-electron chi connectivity index (χ3n) is 5.09. The molecule has 0 spiro atoms. The fourth-order valence-corrected chi connectivity index (χ4v) is 4.51. The number of thiophene rings is 1. The molecular weight excluding hydrogens is 352 g/mol. The molecule has 0 unspecified atom stereocenters. The molecule has 0 aliphatic rings. The van der Waals surface area contributed by atoms with Crippen molar-refractivity contribution in [3.8, 4) is 11.1 Å². The fraction of sp³-hybridized carbons (Fsp3) is 0.217. The molecule has 0 saturated carbocycles. The van der Waals surface area contributed by atoms with Gasteiger partial charge in [0.2, 0.25) is 0 Å². The fourth-order valence-electron chi connectivity index (χ4n) is 3.50. The quantitative estimate of drug-likeness (QED) is 0.481. The SMILES string of the molecule is Cc1cccc(Cn2cnc3sc(C)c(-c4ccc(C)c(C)c4)c3c2=O)c1. The van der Waals surface area contributed by atoms with E-state index in [9.17, 15) is 4.79 Å². The summed E-state index contributed by atoms with van der Waals surface area (Å²) in [6, 6.07) is 14.6. The smallest absolute Gasteiger partial charge is 0.263 e. The number of aryl methyl sites for hydroxylation is 4. The van der Waals surface area contributed by atoms with Crippen molar-refractivity contribution in [3.05, 3.63) is 86.3 Å². The summed E-state index contributed by atoms with van der Waals surface area (Å²) in [6.07, 6.45) is 1.67. The first kappa shape index (κ1) is 17.7. The zero-order valence-corrected chi connectivity index (χ0v) is 16.9. The highest BCUT2D eigenvalue weighted by Gasteiger charge is 2.17. The van der Waals surface area contributed by atoms with E-state index in [-0.39, 0.29) is 5.56 Å². The lowest BCUT2D eigenvalue weighted by atomic mass is 9.99. The Bertz CT molecular complexity index is 1220. The van der Waals surface area contributed by atoms with Crippen LogP contribution >= 0.6 is 11.3 Å². The van der Waals surface area contributed by atoms with Crippen LogP contribution in [0.1, 0.15) is 27.1 Å². The minimum absolute atomic E-state index is 0.0269. The Morgan fingerprint density at radius 2 is 1.81 bits per heavy atom. The molecule has 3 nitrogen and oxygen atoms in total. The zero-order valence-electron chi connectivity index (χ0n) is 16.0. The second kappa shape index (κ2) is 6.78. The topological polar surface area (TPSA) is 34.9 Å². The Morgan fingerprint density at radius 1 is 1.00 bits per heavy atom. The number of rotatable bonds is 3. The summed E-state index contributed by atoms with van der Waals surface area (Å²) in [7, 11) is 0. The molecule has 0 amide bonds. The van der Waals surface area contributed by atoms with Crippen LogP contribution in [0.2, 0.25) is 0 Å². The first-order chi connectivity index (χ1) is 12.9. The first-order valence-electron chi connectivity index (χ1n) is 9.06. The molecule has 4 aromatic rings. The molecule has 0 atom stereocenters. The number of benzene rings is 2. The molecule has 0 radical (unpaired) electrons. The normalized spacial score (nSPS) is 11.3. The standard InChI is InChI=1S/C23H22N2OS/c1-14-6-5-7-18(10-14)12-25-13-24-22-21(23(25)26)20(17(4)27-22)19-9-8-15(2)16(3)11-19/h5-11,13H,12H2,1-4H3. The summed E-state index contributed by atoms with van der Waals surface area (Å²) in [5, 5.41) is 0.732. The van der Waals surface area contributed by atoms with Crippen LogP contribution in [0.5, 0.6) is 0 Å². The molecular formula is C23H22N2OS. The highest BCUT2D eigenvalue weighted by molar-refractivity contribution is 7.19. The van der Waals surface area contributed by atoms with Gasteiger partial charge in [-0.05, 0) is 49.9 Å². The Labute approximate surface area is 163 Å². The zero-order chi connectivity index (χ0) is 19.1. The second-order valence-electron chi connectivity index (χ2n) is 7.18. The number of aromatic nitrogens is 2. The van der Waals surface area contributed by atoms with Gasteiger partial charge in [-0.3, -0.25) is 9.36 Å². The largest absolute Gasteiger partial charge is 0.294 e. The van der Waals surface area contributed by atoms with E-state index in [2.05, 4.69) is 63.0 Å². The van der Waals surface area contributed by atoms with E-state index in [1.165, 1.54) is 16.7 Å². The van der Waals surface area contributed by atoms with E-state index in [1.807, 2.05) is 12.1 Å². The van der Waals surface area contributed by atoms with E-state index in [0.717, 1.165) is 31.8 Å². The molecule has 4 heteroatoms. The van der Waals surface area contributed by atoms with Gasteiger partial charge in [-0.2, -0.15) is 0 Å². The Morgan fingerprint density at radius 3 is 2.56 bits per heavy atom. The van der Waals surface area contributed by atoms with E-state index in [4.69, 9.17) is 0 Å². The van der Waals surface area contributed by atoms with Crippen LogP contribution < -0.4 is 5.56 Å². The van der Waals surface area contributed by atoms with Crippen LogP contribution in [0.15, 0.2) is 53.6 Å². The highest BCUT2D eigenvalue weighted by atomic mass is 32.1. The van der Waals surface area contributed by atoms with Crippen molar-refractivity contribution in [3.63, 3.8) is 0 Å². The van der Waals surface area contributed by atoms with Gasteiger partial charge in [0.25, 0.3) is 5.56 Å². The van der Waals surface area contributed by atoms with Crippen LogP contribution in [0.4, 0.5) is 0 Å². The molecule has 2 heterocycles. The maximum atomic E-state index is 13.3. The van der Waals surface area contributed by atoms with Crippen LogP contribution in [0.3, 0.4) is 0 Å². The van der Waals surface area contributed by atoms with Gasteiger partial charge in [0.15, 0.2) is 0 Å². The van der Waals surface area contributed by atoms with Crippen molar-refractivity contribution in [2.75, 3.05) is 0 Å². The molecule has 2 aromatic carbocycles. The summed E-state index contributed by atoms with van der Waals surface area (Å²) >= 11 is 1.59. The summed E-state index contributed by atoms with van der Waals surface area (Å²) in [6.45, 7) is 8.88. The summed E-state index contributed by atoms with van der Waals surface area (Å²) < 4.78 is 1.72. The predicted octanol–water partition coefficient (Wildman–Crippen LogP) is 5.41. The van der Waals surface area contributed by atoms with Gasteiger partial charge in [0.1, 0.15) is 4.83 Å². The lowest BCUT2D eigenvalue weighted by Crippen LogP contribution is -2.21. The van der Waals surface area contributed by atoms with Gasteiger partial charge >= 0.3 is 0 Å². The third kappa shape index (κ3) is 3.21. The Balaban J connectivity index is 1.89. The van der Waals surface area contributed by atoms with Gasteiger partial charge in [-0.15, -0.1) is 11.3 Å². The molecule has 0 N–H and O–H groups in total. The molecule has 0 fully saturated rings. The molecule has 27 heavy (non-hydrogen) atoms. The van der Waals surface area contributed by atoms with Crippen molar-refractivity contribution < 1.29 is 0 Å². The summed E-state index contributed by atoms with van der Waals surface area (Å²) in [4.78, 5) is 19.8. The van der Waals surface area contributed by atoms with Crippen molar-refractivity contribution in [1.82, 2.24) is 9.55 Å². The van der Waals surface area contributed by atoms with Gasteiger partial charge in [-0.25, -0.2) is 4.98 Å². The van der Waals surface area contributed by atoms with Gasteiger partial charge in [0.05, 0.1) is 18.3 Å². The summed E-state index contributed by atoms with van der Waals surface area (Å²) in [5.74, 6) is 0. The van der Waals surface area contributed by atoms with Crippen LogP contribution in [-0.4, -0.2) is 9.55 Å². The van der Waals surface area contributed by atoms with E-state index in [0.29, 0.717) is 6.54 Å². The van der Waals surface area contributed by atoms with Crippen LogP contribution in [0.25, 0.3) is 21.3 Å². The molecule has 0 saturated heterocycles. The maximum Gasteiger partial charge on any atom is 0.263 e. The Hall–Kier alpha value is -2.72. The minimum atomic E-state index is 0.0269. The van der Waals surface area contributed by atoms with Crippen LogP contribution in [-0.2, 0) is 6.54 Å². The van der Waals surface area contributed by atoms with E-state index in [1.54, 1.807) is 22.2 Å². The third-order valence-corrected chi connectivity index (χ3v) is 6.10. The van der Waals surface area contributed by atoms with Crippen molar-refractivity contribution in [2.45, 2.75) is 34.2 Å². The van der Waals surface area contributed by atoms with E-state index >= 15 is 0 Å². The van der Waals surface area contributed by atoms with Gasteiger partial charge in [0, 0.05) is 10.4 Å². The molecule has 0 bridgehead atoms. The van der Waals surface area contributed by atoms with Crippen LogP contribution in [0, 0.1) is 27.7 Å². The van der Waals surface area contributed by atoms with Crippen molar-refractivity contribution >= 4 is 21.6 Å². The number of fused-ring (bicyclic) bond motifs is 1.